The van der Waals surface area contributed by atoms with Crippen LogP contribution in [0.4, 0.5) is 0 Å². The number of amides is 1. The van der Waals surface area contributed by atoms with Gasteiger partial charge in [-0.05, 0) is 25.0 Å². The minimum Gasteiger partial charge on any atom is -0.444 e. The Bertz CT molecular complexity index is 740. The summed E-state index contributed by atoms with van der Waals surface area (Å²) in [5.41, 5.74) is 0.646. The lowest BCUT2D eigenvalue weighted by Gasteiger charge is -2.18. The Kier molecular flexibility index (Phi) is 5.07. The standard InChI is InChI=1S/C18H15Cl2NO3/c19-13-7-4-8-14(20)15(13)18(23)24-16(11-5-2-1-3-6-11)17(22)21-12-9-10-12/h1-8,12,16H,9-10H2,(H,21,22)/t16-/m1/s1. The van der Waals surface area contributed by atoms with E-state index >= 15 is 0 Å². The van der Waals surface area contributed by atoms with Crippen LogP contribution in [0.25, 0.3) is 0 Å². The van der Waals surface area contributed by atoms with Gasteiger partial charge < -0.3 is 10.1 Å². The third-order valence-electron chi connectivity index (χ3n) is 3.66. The van der Waals surface area contributed by atoms with Crippen LogP contribution in [0.3, 0.4) is 0 Å². The van der Waals surface area contributed by atoms with Crippen LogP contribution in [0.2, 0.25) is 10.0 Å². The van der Waals surface area contributed by atoms with E-state index in [0.717, 1.165) is 12.8 Å². The minimum atomic E-state index is -1.05. The first kappa shape index (κ1) is 16.8. The van der Waals surface area contributed by atoms with Crippen molar-refractivity contribution in [1.29, 1.82) is 0 Å². The summed E-state index contributed by atoms with van der Waals surface area (Å²) in [4.78, 5) is 25.0. The molecule has 0 saturated heterocycles. The van der Waals surface area contributed by atoms with Gasteiger partial charge in [0.2, 0.25) is 6.10 Å². The molecule has 0 aliphatic heterocycles. The molecular formula is C18H15Cl2NO3. The monoisotopic (exact) mass is 363 g/mol. The van der Waals surface area contributed by atoms with Gasteiger partial charge in [0.15, 0.2) is 0 Å². The topological polar surface area (TPSA) is 55.4 Å². The zero-order chi connectivity index (χ0) is 17.1. The molecule has 0 unspecified atom stereocenters. The van der Waals surface area contributed by atoms with Gasteiger partial charge in [-0.25, -0.2) is 4.79 Å². The van der Waals surface area contributed by atoms with E-state index in [1.807, 2.05) is 6.07 Å². The number of halogens is 2. The van der Waals surface area contributed by atoms with E-state index in [0.29, 0.717) is 5.56 Å². The minimum absolute atomic E-state index is 0.0565. The molecule has 1 fully saturated rings. The molecule has 2 aromatic rings. The molecule has 3 rings (SSSR count). The van der Waals surface area contributed by atoms with Gasteiger partial charge >= 0.3 is 5.97 Å². The molecule has 2 aromatic carbocycles. The van der Waals surface area contributed by atoms with Crippen molar-refractivity contribution in [2.45, 2.75) is 25.0 Å². The van der Waals surface area contributed by atoms with E-state index in [1.165, 1.54) is 0 Å². The van der Waals surface area contributed by atoms with Crippen molar-refractivity contribution in [2.75, 3.05) is 0 Å². The van der Waals surface area contributed by atoms with Gasteiger partial charge in [0.1, 0.15) is 0 Å². The maximum atomic E-state index is 12.5. The third kappa shape index (κ3) is 3.89. The van der Waals surface area contributed by atoms with Crippen LogP contribution in [0.15, 0.2) is 48.5 Å². The summed E-state index contributed by atoms with van der Waals surface area (Å²) in [6, 6.07) is 13.7. The zero-order valence-corrected chi connectivity index (χ0v) is 14.2. The summed E-state index contributed by atoms with van der Waals surface area (Å²) in [5.74, 6) is -1.08. The predicted octanol–water partition coefficient (Wildman–Crippen LogP) is 4.17. The highest BCUT2D eigenvalue weighted by molar-refractivity contribution is 6.39. The molecule has 1 saturated carbocycles. The number of carbonyl (C=O) groups is 2. The maximum absolute atomic E-state index is 12.5. The van der Waals surface area contributed by atoms with Crippen LogP contribution in [-0.2, 0) is 9.53 Å². The van der Waals surface area contributed by atoms with Crippen molar-refractivity contribution in [1.82, 2.24) is 5.32 Å². The number of hydrogen-bond acceptors (Lipinski definition) is 3. The third-order valence-corrected chi connectivity index (χ3v) is 4.29. The number of esters is 1. The molecule has 1 atom stereocenters. The van der Waals surface area contributed by atoms with Crippen LogP contribution >= 0.6 is 23.2 Å². The van der Waals surface area contributed by atoms with E-state index in [4.69, 9.17) is 27.9 Å². The average molecular weight is 364 g/mol. The number of hydrogen-bond donors (Lipinski definition) is 1. The Hall–Kier alpha value is -2.04. The van der Waals surface area contributed by atoms with Crippen LogP contribution in [-0.4, -0.2) is 17.9 Å². The Labute approximate surface area is 149 Å². The average Bonchev–Trinajstić information content (AvgIpc) is 3.37. The number of benzene rings is 2. The second kappa shape index (κ2) is 7.24. The van der Waals surface area contributed by atoms with Gasteiger partial charge in [-0.3, -0.25) is 4.79 Å². The molecule has 6 heteroatoms. The van der Waals surface area contributed by atoms with Crippen molar-refractivity contribution < 1.29 is 14.3 Å². The normalized spacial score (nSPS) is 14.8. The fraction of sp³-hybridized carbons (Fsp3) is 0.222. The highest BCUT2D eigenvalue weighted by Gasteiger charge is 2.31. The lowest BCUT2D eigenvalue weighted by molar-refractivity contribution is -0.130. The summed E-state index contributed by atoms with van der Waals surface area (Å²) in [5, 5.41) is 3.22. The van der Waals surface area contributed by atoms with E-state index in [9.17, 15) is 9.59 Å². The number of rotatable bonds is 5. The quantitative estimate of drug-likeness (QED) is 0.811. The van der Waals surface area contributed by atoms with Crippen molar-refractivity contribution in [2.24, 2.45) is 0 Å². The second-order valence-electron chi connectivity index (χ2n) is 5.58. The van der Waals surface area contributed by atoms with E-state index in [-0.39, 0.29) is 27.6 Å². The predicted molar refractivity (Wildman–Crippen MR) is 92.2 cm³/mol. The first-order valence-electron chi connectivity index (χ1n) is 7.56. The molecule has 1 aliphatic carbocycles. The molecular weight excluding hydrogens is 349 g/mol. The fourth-order valence-corrected chi connectivity index (χ4v) is 2.82. The summed E-state index contributed by atoms with van der Waals surface area (Å²) >= 11 is 12.1. The van der Waals surface area contributed by atoms with Crippen molar-refractivity contribution >= 4 is 35.1 Å². The van der Waals surface area contributed by atoms with Gasteiger partial charge in [0, 0.05) is 11.6 Å². The molecule has 0 aromatic heterocycles. The molecule has 1 aliphatic rings. The highest BCUT2D eigenvalue weighted by Crippen LogP contribution is 2.28. The van der Waals surface area contributed by atoms with Gasteiger partial charge in [0.25, 0.3) is 5.91 Å². The Morgan fingerprint density at radius 1 is 1.00 bits per heavy atom. The molecule has 0 spiro atoms. The Morgan fingerprint density at radius 3 is 2.21 bits per heavy atom. The van der Waals surface area contributed by atoms with Crippen LogP contribution in [0.5, 0.6) is 0 Å². The largest absolute Gasteiger partial charge is 0.444 e. The van der Waals surface area contributed by atoms with Crippen molar-refractivity contribution in [3.63, 3.8) is 0 Å². The van der Waals surface area contributed by atoms with Gasteiger partial charge in [-0.2, -0.15) is 0 Å². The van der Waals surface area contributed by atoms with Gasteiger partial charge in [-0.15, -0.1) is 0 Å². The zero-order valence-electron chi connectivity index (χ0n) is 12.7. The Balaban J connectivity index is 1.85. The summed E-state index contributed by atoms with van der Waals surface area (Å²) in [6.07, 6.45) is 0.835. The molecule has 0 radical (unpaired) electrons. The first-order valence-corrected chi connectivity index (χ1v) is 8.32. The maximum Gasteiger partial charge on any atom is 0.342 e. The summed E-state index contributed by atoms with van der Waals surface area (Å²) in [7, 11) is 0. The first-order chi connectivity index (χ1) is 11.6. The highest BCUT2D eigenvalue weighted by atomic mass is 35.5. The van der Waals surface area contributed by atoms with Crippen LogP contribution in [0, 0.1) is 0 Å². The van der Waals surface area contributed by atoms with E-state index in [2.05, 4.69) is 5.32 Å². The van der Waals surface area contributed by atoms with Crippen molar-refractivity contribution in [3.8, 4) is 0 Å². The lowest BCUT2D eigenvalue weighted by atomic mass is 10.1. The Morgan fingerprint density at radius 2 is 1.62 bits per heavy atom. The molecule has 1 amide bonds. The lowest BCUT2D eigenvalue weighted by Crippen LogP contribution is -2.33. The summed E-state index contributed by atoms with van der Waals surface area (Å²) in [6.45, 7) is 0. The van der Waals surface area contributed by atoms with Crippen LogP contribution in [0.1, 0.15) is 34.9 Å². The van der Waals surface area contributed by atoms with Crippen LogP contribution < -0.4 is 5.32 Å². The molecule has 1 N–H and O–H groups in total. The number of carbonyl (C=O) groups excluding carboxylic acids is 2. The van der Waals surface area contributed by atoms with E-state index in [1.54, 1.807) is 42.5 Å². The second-order valence-corrected chi connectivity index (χ2v) is 6.39. The summed E-state index contributed by atoms with van der Waals surface area (Å²) < 4.78 is 5.45. The molecule has 124 valence electrons. The fourth-order valence-electron chi connectivity index (χ4n) is 2.26. The molecule has 24 heavy (non-hydrogen) atoms. The van der Waals surface area contributed by atoms with Crippen molar-refractivity contribution in [3.05, 3.63) is 69.7 Å². The van der Waals surface area contributed by atoms with Gasteiger partial charge in [0.05, 0.1) is 15.6 Å². The molecule has 4 nitrogen and oxygen atoms in total. The number of ether oxygens (including phenoxy) is 1. The molecule has 0 heterocycles. The molecule has 0 bridgehead atoms. The smallest absolute Gasteiger partial charge is 0.342 e. The van der Waals surface area contributed by atoms with Gasteiger partial charge in [-0.1, -0.05) is 59.6 Å². The number of nitrogens with one attached hydrogen (secondary N) is 1. The SMILES string of the molecule is O=C(O[C@@H](C(=O)NC1CC1)c1ccccc1)c1c(Cl)cccc1Cl. The van der Waals surface area contributed by atoms with E-state index < -0.39 is 12.1 Å².